The maximum absolute atomic E-state index is 12.8. The third-order valence-corrected chi connectivity index (χ3v) is 4.06. The van der Waals surface area contributed by atoms with E-state index in [-0.39, 0.29) is 5.91 Å². The fraction of sp³-hybridized carbons (Fsp3) is 0.286. The summed E-state index contributed by atoms with van der Waals surface area (Å²) in [5, 5.41) is 5.36. The Kier molecular flexibility index (Phi) is 7.55. The zero-order chi connectivity index (χ0) is 19.6. The normalized spacial score (nSPS) is 12.5. The van der Waals surface area contributed by atoms with Gasteiger partial charge in [-0.05, 0) is 11.1 Å². The van der Waals surface area contributed by atoms with Crippen molar-refractivity contribution < 1.29 is 19.1 Å². The molecule has 0 bridgehead atoms. The van der Waals surface area contributed by atoms with E-state index in [4.69, 9.17) is 4.74 Å². The first kappa shape index (κ1) is 20.2. The molecule has 2 amide bonds. The van der Waals surface area contributed by atoms with Gasteiger partial charge >= 0.3 is 5.97 Å². The molecule has 0 saturated carbocycles. The quantitative estimate of drug-likeness (QED) is 0.694. The molecule has 2 rings (SSSR count). The van der Waals surface area contributed by atoms with Crippen molar-refractivity contribution in [2.45, 2.75) is 31.8 Å². The van der Waals surface area contributed by atoms with Gasteiger partial charge in [0.05, 0.1) is 7.11 Å². The Morgan fingerprint density at radius 3 is 1.74 bits per heavy atom. The number of benzene rings is 2. The summed E-state index contributed by atoms with van der Waals surface area (Å²) < 4.78 is 4.82. The van der Waals surface area contributed by atoms with Crippen molar-refractivity contribution >= 4 is 17.8 Å². The Hall–Kier alpha value is -3.15. The van der Waals surface area contributed by atoms with Crippen LogP contribution in [0.2, 0.25) is 0 Å². The highest BCUT2D eigenvalue weighted by atomic mass is 16.5. The van der Waals surface area contributed by atoms with Crippen molar-refractivity contribution in [1.29, 1.82) is 0 Å². The Labute approximate surface area is 158 Å². The van der Waals surface area contributed by atoms with Crippen molar-refractivity contribution in [2.75, 3.05) is 7.11 Å². The molecule has 0 spiro atoms. The molecule has 0 aliphatic heterocycles. The number of ether oxygens (including phenoxy) is 1. The minimum atomic E-state index is -0.836. The van der Waals surface area contributed by atoms with Crippen molar-refractivity contribution in [3.05, 3.63) is 71.8 Å². The Morgan fingerprint density at radius 1 is 0.815 bits per heavy atom. The molecule has 2 atom stereocenters. The van der Waals surface area contributed by atoms with Crippen LogP contribution < -0.4 is 10.6 Å². The van der Waals surface area contributed by atoms with Crippen LogP contribution in [0.5, 0.6) is 0 Å². The summed E-state index contributed by atoms with van der Waals surface area (Å²) >= 11 is 0. The number of methoxy groups -OCH3 is 1. The molecular weight excluding hydrogens is 344 g/mol. The summed E-state index contributed by atoms with van der Waals surface area (Å²) in [6, 6.07) is 17.1. The molecule has 0 fully saturated rings. The summed E-state index contributed by atoms with van der Waals surface area (Å²) in [5.74, 6) is -1.28. The van der Waals surface area contributed by atoms with Gasteiger partial charge in [0.15, 0.2) is 0 Å². The second-order valence-electron chi connectivity index (χ2n) is 6.22. The highest BCUT2D eigenvalue weighted by Crippen LogP contribution is 2.07. The molecule has 0 aliphatic rings. The van der Waals surface area contributed by atoms with Crippen LogP contribution in [0.15, 0.2) is 60.7 Å². The minimum Gasteiger partial charge on any atom is -0.467 e. The lowest BCUT2D eigenvalue weighted by Crippen LogP contribution is -2.53. The third-order valence-electron chi connectivity index (χ3n) is 4.06. The molecule has 2 aromatic rings. The maximum Gasteiger partial charge on any atom is 0.328 e. The van der Waals surface area contributed by atoms with E-state index in [1.165, 1.54) is 14.0 Å². The average molecular weight is 368 g/mol. The predicted octanol–water partition coefficient (Wildman–Crippen LogP) is 1.63. The van der Waals surface area contributed by atoms with Crippen LogP contribution in [0.4, 0.5) is 0 Å². The number of amides is 2. The first-order valence-electron chi connectivity index (χ1n) is 8.72. The largest absolute Gasteiger partial charge is 0.467 e. The van der Waals surface area contributed by atoms with Crippen molar-refractivity contribution in [1.82, 2.24) is 10.6 Å². The summed E-state index contributed by atoms with van der Waals surface area (Å²) in [5.41, 5.74) is 1.80. The maximum atomic E-state index is 12.8. The van der Waals surface area contributed by atoms with Gasteiger partial charge in [0, 0.05) is 19.8 Å². The van der Waals surface area contributed by atoms with E-state index < -0.39 is 24.0 Å². The number of carbonyl (C=O) groups is 3. The average Bonchev–Trinajstić information content (AvgIpc) is 2.67. The van der Waals surface area contributed by atoms with Crippen LogP contribution in [0, 0.1) is 0 Å². The fourth-order valence-corrected chi connectivity index (χ4v) is 2.76. The molecule has 0 unspecified atom stereocenters. The molecular formula is C21H24N2O4. The van der Waals surface area contributed by atoms with Gasteiger partial charge in [0.1, 0.15) is 12.1 Å². The molecule has 6 heteroatoms. The van der Waals surface area contributed by atoms with E-state index >= 15 is 0 Å². The van der Waals surface area contributed by atoms with Gasteiger partial charge in [-0.15, -0.1) is 0 Å². The fourth-order valence-electron chi connectivity index (χ4n) is 2.76. The number of hydrogen-bond donors (Lipinski definition) is 2. The van der Waals surface area contributed by atoms with Gasteiger partial charge < -0.3 is 15.4 Å². The lowest BCUT2D eigenvalue weighted by Gasteiger charge is -2.22. The molecule has 0 heterocycles. The first-order chi connectivity index (χ1) is 13.0. The summed E-state index contributed by atoms with van der Waals surface area (Å²) in [6.07, 6.45) is 0.628. The van der Waals surface area contributed by atoms with Crippen LogP contribution in [0.3, 0.4) is 0 Å². The molecule has 0 aliphatic carbocycles. The summed E-state index contributed by atoms with van der Waals surface area (Å²) in [6.45, 7) is 1.35. The number of carbonyl (C=O) groups excluding carboxylic acids is 3. The van der Waals surface area contributed by atoms with E-state index in [1.807, 2.05) is 60.7 Å². The number of nitrogens with one attached hydrogen (secondary N) is 2. The van der Waals surface area contributed by atoms with E-state index in [1.54, 1.807) is 0 Å². The number of hydrogen-bond acceptors (Lipinski definition) is 4. The van der Waals surface area contributed by atoms with Gasteiger partial charge in [-0.2, -0.15) is 0 Å². The number of esters is 1. The zero-order valence-corrected chi connectivity index (χ0v) is 15.5. The van der Waals surface area contributed by atoms with Crippen molar-refractivity contribution in [3.8, 4) is 0 Å². The SMILES string of the molecule is COC(=O)[C@H](Cc1ccccc1)NC(=O)[C@@H](Cc1ccccc1)NC(C)=O. The van der Waals surface area contributed by atoms with Gasteiger partial charge in [-0.1, -0.05) is 60.7 Å². The van der Waals surface area contributed by atoms with Crippen LogP contribution in [-0.2, 0) is 32.0 Å². The van der Waals surface area contributed by atoms with E-state index in [9.17, 15) is 14.4 Å². The molecule has 27 heavy (non-hydrogen) atoms. The third kappa shape index (κ3) is 6.58. The van der Waals surface area contributed by atoms with E-state index in [0.717, 1.165) is 11.1 Å². The molecule has 142 valence electrons. The standard InChI is InChI=1S/C21H24N2O4/c1-15(24)22-18(13-16-9-5-3-6-10-16)20(25)23-19(21(26)27-2)14-17-11-7-4-8-12-17/h3-12,18-19H,13-14H2,1-2H3,(H,22,24)(H,23,25)/t18-,19+/m1/s1. The lowest BCUT2D eigenvalue weighted by molar-refractivity contribution is -0.145. The predicted molar refractivity (Wildman–Crippen MR) is 102 cm³/mol. The van der Waals surface area contributed by atoms with Crippen LogP contribution in [0.25, 0.3) is 0 Å². The van der Waals surface area contributed by atoms with Crippen molar-refractivity contribution in [3.63, 3.8) is 0 Å². The lowest BCUT2D eigenvalue weighted by atomic mass is 10.0. The van der Waals surface area contributed by atoms with Gasteiger partial charge in [0.25, 0.3) is 0 Å². The highest BCUT2D eigenvalue weighted by Gasteiger charge is 2.27. The van der Waals surface area contributed by atoms with E-state index in [2.05, 4.69) is 10.6 Å². The smallest absolute Gasteiger partial charge is 0.328 e. The molecule has 2 N–H and O–H groups in total. The second-order valence-corrected chi connectivity index (χ2v) is 6.22. The Balaban J connectivity index is 2.13. The molecule has 0 radical (unpaired) electrons. The monoisotopic (exact) mass is 368 g/mol. The topological polar surface area (TPSA) is 84.5 Å². The second kappa shape index (κ2) is 10.1. The van der Waals surface area contributed by atoms with Gasteiger partial charge in [-0.25, -0.2) is 4.79 Å². The Morgan fingerprint density at radius 2 is 1.30 bits per heavy atom. The summed E-state index contributed by atoms with van der Waals surface area (Å²) in [4.78, 5) is 36.4. The van der Waals surface area contributed by atoms with E-state index in [0.29, 0.717) is 12.8 Å². The van der Waals surface area contributed by atoms with Crippen LogP contribution >= 0.6 is 0 Å². The minimum absolute atomic E-state index is 0.303. The first-order valence-corrected chi connectivity index (χ1v) is 8.72. The molecule has 0 aromatic heterocycles. The Bertz CT molecular complexity index is 762. The van der Waals surface area contributed by atoms with Crippen LogP contribution in [0.1, 0.15) is 18.1 Å². The van der Waals surface area contributed by atoms with Crippen LogP contribution in [-0.4, -0.2) is 37.0 Å². The number of rotatable bonds is 8. The molecule has 2 aromatic carbocycles. The summed E-state index contributed by atoms with van der Waals surface area (Å²) in [7, 11) is 1.28. The molecule has 6 nitrogen and oxygen atoms in total. The van der Waals surface area contributed by atoms with Gasteiger partial charge in [-0.3, -0.25) is 9.59 Å². The highest BCUT2D eigenvalue weighted by molar-refractivity contribution is 5.90. The van der Waals surface area contributed by atoms with Gasteiger partial charge in [0.2, 0.25) is 11.8 Å². The van der Waals surface area contributed by atoms with Crippen molar-refractivity contribution in [2.24, 2.45) is 0 Å². The zero-order valence-electron chi connectivity index (χ0n) is 15.5. The molecule has 0 saturated heterocycles.